The highest BCUT2D eigenvalue weighted by molar-refractivity contribution is 5.91. The number of aromatic amines is 1. The van der Waals surface area contributed by atoms with Crippen LogP contribution in [0.15, 0.2) is 59.7 Å². The maximum Gasteiger partial charge on any atom is 0.271 e. The number of nitrogens with one attached hydrogen (secondary N) is 2. The molecule has 23 heavy (non-hydrogen) atoms. The minimum atomic E-state index is -0.338. The maximum absolute atomic E-state index is 11.9. The Morgan fingerprint density at radius 3 is 2.74 bits per heavy atom. The first-order chi connectivity index (χ1) is 11.2. The van der Waals surface area contributed by atoms with Crippen molar-refractivity contribution in [3.8, 4) is 5.69 Å². The molecule has 2 aromatic heterocycles. The van der Waals surface area contributed by atoms with E-state index in [1.54, 1.807) is 10.9 Å². The summed E-state index contributed by atoms with van der Waals surface area (Å²) in [6.07, 6.45) is 4.36. The van der Waals surface area contributed by atoms with E-state index in [4.69, 9.17) is 0 Å². The van der Waals surface area contributed by atoms with Gasteiger partial charge >= 0.3 is 0 Å². The van der Waals surface area contributed by atoms with Gasteiger partial charge in [0.15, 0.2) is 0 Å². The highest BCUT2D eigenvalue weighted by Crippen LogP contribution is 2.07. The summed E-state index contributed by atoms with van der Waals surface area (Å²) < 4.78 is 1.79. The van der Waals surface area contributed by atoms with Crippen LogP contribution in [-0.4, -0.2) is 32.4 Å². The van der Waals surface area contributed by atoms with Crippen molar-refractivity contribution in [2.75, 3.05) is 6.54 Å². The zero-order chi connectivity index (χ0) is 16.1. The number of hydrogen-bond donors (Lipinski definition) is 2. The lowest BCUT2D eigenvalue weighted by atomic mass is 10.2. The van der Waals surface area contributed by atoms with Crippen LogP contribution in [-0.2, 0) is 6.42 Å². The average molecular weight is 309 g/mol. The van der Waals surface area contributed by atoms with Crippen LogP contribution < -0.4 is 10.9 Å². The molecule has 116 valence electrons. The van der Waals surface area contributed by atoms with E-state index >= 15 is 0 Å². The number of aromatic nitrogens is 4. The molecule has 7 nitrogen and oxygen atoms in total. The molecule has 2 heterocycles. The van der Waals surface area contributed by atoms with Crippen molar-refractivity contribution >= 4 is 5.91 Å². The molecule has 0 aliphatic carbocycles. The maximum atomic E-state index is 11.9. The van der Waals surface area contributed by atoms with E-state index in [0.717, 1.165) is 11.3 Å². The van der Waals surface area contributed by atoms with Gasteiger partial charge in [0.1, 0.15) is 5.69 Å². The number of rotatable bonds is 5. The minimum Gasteiger partial charge on any atom is -0.350 e. The second kappa shape index (κ2) is 6.69. The number of carbonyl (C=O) groups excluding carboxylic acids is 1. The van der Waals surface area contributed by atoms with Gasteiger partial charge in [0.25, 0.3) is 11.5 Å². The van der Waals surface area contributed by atoms with Crippen LogP contribution in [0.4, 0.5) is 0 Å². The predicted octanol–water partition coefficient (Wildman–Crippen LogP) is 0.928. The Kier molecular flexibility index (Phi) is 4.28. The predicted molar refractivity (Wildman–Crippen MR) is 84.5 cm³/mol. The van der Waals surface area contributed by atoms with E-state index in [0.29, 0.717) is 13.0 Å². The molecule has 0 saturated carbocycles. The number of para-hydroxylation sites is 1. The first kappa shape index (κ1) is 14.7. The van der Waals surface area contributed by atoms with Gasteiger partial charge in [-0.3, -0.25) is 9.59 Å². The molecule has 0 aliphatic rings. The molecule has 0 spiro atoms. The van der Waals surface area contributed by atoms with Gasteiger partial charge in [0, 0.05) is 18.8 Å². The summed E-state index contributed by atoms with van der Waals surface area (Å²) in [5, 5.41) is 13.0. The van der Waals surface area contributed by atoms with Crippen LogP contribution in [0.2, 0.25) is 0 Å². The third kappa shape index (κ3) is 3.70. The van der Waals surface area contributed by atoms with E-state index in [1.165, 1.54) is 12.1 Å². The highest BCUT2D eigenvalue weighted by atomic mass is 16.2. The molecule has 7 heteroatoms. The number of nitrogens with zero attached hydrogens (tertiary/aromatic N) is 3. The smallest absolute Gasteiger partial charge is 0.271 e. The molecule has 2 N–H and O–H groups in total. The summed E-state index contributed by atoms with van der Waals surface area (Å²) >= 11 is 0. The lowest BCUT2D eigenvalue weighted by molar-refractivity contribution is 0.0948. The van der Waals surface area contributed by atoms with Crippen LogP contribution in [0, 0.1) is 0 Å². The largest absolute Gasteiger partial charge is 0.350 e. The molecule has 0 bridgehead atoms. The van der Waals surface area contributed by atoms with Gasteiger partial charge in [-0.1, -0.05) is 18.2 Å². The van der Waals surface area contributed by atoms with Gasteiger partial charge in [-0.2, -0.15) is 10.2 Å². The number of carbonyl (C=O) groups is 1. The van der Waals surface area contributed by atoms with Gasteiger partial charge in [-0.25, -0.2) is 9.78 Å². The fourth-order valence-electron chi connectivity index (χ4n) is 2.09. The molecular formula is C16H15N5O2. The molecular weight excluding hydrogens is 294 g/mol. The zero-order valence-electron chi connectivity index (χ0n) is 12.3. The van der Waals surface area contributed by atoms with Crippen molar-refractivity contribution in [1.29, 1.82) is 0 Å². The Morgan fingerprint density at radius 2 is 2.00 bits per heavy atom. The molecule has 3 aromatic rings. The number of hydrogen-bond acceptors (Lipinski definition) is 4. The van der Waals surface area contributed by atoms with Crippen molar-refractivity contribution < 1.29 is 4.79 Å². The van der Waals surface area contributed by atoms with Crippen LogP contribution in [0.5, 0.6) is 0 Å². The van der Waals surface area contributed by atoms with Gasteiger partial charge in [-0.15, -0.1) is 0 Å². The standard InChI is InChI=1S/C16H15N5O2/c22-15-7-6-14(19-20-15)16(23)17-9-8-12-10-18-21(11-12)13-4-2-1-3-5-13/h1-7,10-11H,8-9H2,(H,17,23)(H,20,22). The van der Waals surface area contributed by atoms with Crippen LogP contribution in [0.3, 0.4) is 0 Å². The summed E-state index contributed by atoms with van der Waals surface area (Å²) in [6.45, 7) is 0.458. The molecule has 0 radical (unpaired) electrons. The van der Waals surface area contributed by atoms with E-state index in [1.807, 2.05) is 36.5 Å². The fourth-order valence-corrected chi connectivity index (χ4v) is 2.09. The Morgan fingerprint density at radius 1 is 1.17 bits per heavy atom. The van der Waals surface area contributed by atoms with Crippen LogP contribution in [0.25, 0.3) is 5.69 Å². The van der Waals surface area contributed by atoms with Crippen molar-refractivity contribution in [2.24, 2.45) is 0 Å². The average Bonchev–Trinajstić information content (AvgIpc) is 3.05. The lowest BCUT2D eigenvalue weighted by Gasteiger charge is -2.03. The van der Waals surface area contributed by atoms with Crippen molar-refractivity contribution in [2.45, 2.75) is 6.42 Å². The summed E-state index contributed by atoms with van der Waals surface area (Å²) in [5.41, 5.74) is 1.85. The van der Waals surface area contributed by atoms with Gasteiger partial charge < -0.3 is 5.32 Å². The lowest BCUT2D eigenvalue weighted by Crippen LogP contribution is -2.27. The normalized spacial score (nSPS) is 10.4. The first-order valence-electron chi connectivity index (χ1n) is 7.15. The van der Waals surface area contributed by atoms with E-state index in [2.05, 4.69) is 20.6 Å². The number of benzene rings is 1. The van der Waals surface area contributed by atoms with Crippen molar-refractivity contribution in [3.05, 3.63) is 76.5 Å². The van der Waals surface area contributed by atoms with Crippen molar-refractivity contribution in [1.82, 2.24) is 25.3 Å². The highest BCUT2D eigenvalue weighted by Gasteiger charge is 2.07. The summed E-state index contributed by atoms with van der Waals surface area (Å²) in [6, 6.07) is 12.5. The second-order valence-corrected chi connectivity index (χ2v) is 4.94. The topological polar surface area (TPSA) is 92.7 Å². The Hall–Kier alpha value is -3.22. The zero-order valence-corrected chi connectivity index (χ0v) is 12.3. The van der Waals surface area contributed by atoms with Gasteiger partial charge in [0.05, 0.1) is 11.9 Å². The third-order valence-electron chi connectivity index (χ3n) is 3.27. The van der Waals surface area contributed by atoms with Crippen molar-refractivity contribution in [3.63, 3.8) is 0 Å². The minimum absolute atomic E-state index is 0.185. The van der Waals surface area contributed by atoms with Crippen LogP contribution >= 0.6 is 0 Å². The summed E-state index contributed by atoms with van der Waals surface area (Å²) in [4.78, 5) is 22.8. The van der Waals surface area contributed by atoms with E-state index in [9.17, 15) is 9.59 Å². The van der Waals surface area contributed by atoms with E-state index in [-0.39, 0.29) is 17.2 Å². The third-order valence-corrected chi connectivity index (χ3v) is 3.27. The Bertz CT molecular complexity index is 834. The quantitative estimate of drug-likeness (QED) is 0.733. The monoisotopic (exact) mass is 309 g/mol. The molecule has 0 aliphatic heterocycles. The molecule has 0 atom stereocenters. The molecule has 0 unspecified atom stereocenters. The van der Waals surface area contributed by atoms with Gasteiger partial charge in [-0.05, 0) is 30.2 Å². The second-order valence-electron chi connectivity index (χ2n) is 4.94. The molecule has 3 rings (SSSR count). The number of H-pyrrole nitrogens is 1. The SMILES string of the molecule is O=C(NCCc1cnn(-c2ccccc2)c1)c1ccc(=O)[nH]n1. The fraction of sp³-hybridized carbons (Fsp3) is 0.125. The Balaban J connectivity index is 1.55. The van der Waals surface area contributed by atoms with Gasteiger partial charge in [0.2, 0.25) is 0 Å². The van der Waals surface area contributed by atoms with Crippen LogP contribution in [0.1, 0.15) is 16.1 Å². The molecule has 1 amide bonds. The first-order valence-corrected chi connectivity index (χ1v) is 7.15. The van der Waals surface area contributed by atoms with E-state index < -0.39 is 0 Å². The summed E-state index contributed by atoms with van der Waals surface area (Å²) in [5.74, 6) is -0.322. The molecule has 1 aromatic carbocycles. The number of amides is 1. The Labute approximate surface area is 132 Å². The molecule has 0 saturated heterocycles. The summed E-state index contributed by atoms with van der Waals surface area (Å²) in [7, 11) is 0. The molecule has 0 fully saturated rings.